The Morgan fingerprint density at radius 1 is 1.30 bits per heavy atom. The molecule has 5 heteroatoms. The lowest BCUT2D eigenvalue weighted by atomic mass is 9.77. The van der Waals surface area contributed by atoms with E-state index >= 15 is 0 Å². The molecule has 4 unspecified atom stereocenters. The number of nitrogens with one attached hydrogen (secondary N) is 1. The first-order chi connectivity index (χ1) is 9.40. The van der Waals surface area contributed by atoms with Crippen LogP contribution in [0.2, 0.25) is 0 Å². The van der Waals surface area contributed by atoms with E-state index in [-0.39, 0.29) is 29.7 Å². The van der Waals surface area contributed by atoms with E-state index in [2.05, 4.69) is 12.2 Å². The van der Waals surface area contributed by atoms with Gasteiger partial charge in [0.25, 0.3) is 0 Å². The number of nitrogens with two attached hydrogens (primary N) is 1. The van der Waals surface area contributed by atoms with Crippen LogP contribution in [0.1, 0.15) is 47.0 Å². The zero-order valence-corrected chi connectivity index (χ0v) is 13.2. The van der Waals surface area contributed by atoms with Crippen molar-refractivity contribution in [2.75, 3.05) is 13.1 Å². The molecule has 3 N–H and O–H groups in total. The molecule has 0 spiro atoms. The van der Waals surface area contributed by atoms with E-state index < -0.39 is 6.04 Å². The van der Waals surface area contributed by atoms with Crippen LogP contribution in [-0.4, -0.2) is 41.9 Å². The van der Waals surface area contributed by atoms with Crippen molar-refractivity contribution in [2.24, 2.45) is 17.6 Å². The maximum absolute atomic E-state index is 12.3. The number of carbonyl (C=O) groups is 2. The van der Waals surface area contributed by atoms with Crippen LogP contribution in [0, 0.1) is 11.8 Å². The molecule has 2 amide bonds. The first kappa shape index (κ1) is 17.0. The molecule has 1 saturated carbocycles. The summed E-state index contributed by atoms with van der Waals surface area (Å²) in [7, 11) is 0. The van der Waals surface area contributed by atoms with Gasteiger partial charge in [-0.2, -0.15) is 0 Å². The predicted molar refractivity (Wildman–Crippen MR) is 80.0 cm³/mol. The lowest BCUT2D eigenvalue weighted by Gasteiger charge is -2.32. The number of carbonyl (C=O) groups excluding carboxylic acids is 2. The fourth-order valence-electron chi connectivity index (χ4n) is 3.02. The summed E-state index contributed by atoms with van der Waals surface area (Å²) in [5.74, 6) is 0.261. The summed E-state index contributed by atoms with van der Waals surface area (Å²) < 4.78 is 0. The van der Waals surface area contributed by atoms with Gasteiger partial charge in [-0.1, -0.05) is 6.92 Å². The maximum atomic E-state index is 12.3. The lowest BCUT2D eigenvalue weighted by molar-refractivity contribution is -0.137. The number of likely N-dealkylation sites (N-methyl/N-ethyl adjacent to an activating group) is 1. The van der Waals surface area contributed by atoms with Crippen molar-refractivity contribution >= 4 is 11.8 Å². The van der Waals surface area contributed by atoms with Gasteiger partial charge >= 0.3 is 0 Å². The summed E-state index contributed by atoms with van der Waals surface area (Å²) in [6.07, 6.45) is 2.59. The molecule has 0 aromatic rings. The minimum Gasteiger partial charge on any atom is -0.344 e. The quantitative estimate of drug-likeness (QED) is 0.794. The van der Waals surface area contributed by atoms with Crippen molar-refractivity contribution in [2.45, 2.75) is 59.0 Å². The largest absolute Gasteiger partial charge is 0.344 e. The first-order valence-electron chi connectivity index (χ1n) is 7.75. The van der Waals surface area contributed by atoms with Crippen LogP contribution < -0.4 is 11.1 Å². The Labute approximate surface area is 122 Å². The number of rotatable bonds is 5. The molecule has 1 aliphatic rings. The summed E-state index contributed by atoms with van der Waals surface area (Å²) in [5, 5.41) is 2.87. The molecule has 0 heterocycles. The summed E-state index contributed by atoms with van der Waals surface area (Å²) in [6.45, 7) is 9.06. The molecular formula is C15H29N3O2. The summed E-state index contributed by atoms with van der Waals surface area (Å²) in [6, 6.07) is -0.242. The Morgan fingerprint density at radius 3 is 2.40 bits per heavy atom. The van der Waals surface area contributed by atoms with Gasteiger partial charge in [0.1, 0.15) is 6.04 Å². The van der Waals surface area contributed by atoms with Gasteiger partial charge in [-0.3, -0.25) is 9.59 Å². The average Bonchev–Trinajstić information content (AvgIpc) is 2.39. The highest BCUT2D eigenvalue weighted by molar-refractivity contribution is 5.88. The van der Waals surface area contributed by atoms with E-state index in [0.29, 0.717) is 13.1 Å². The van der Waals surface area contributed by atoms with Gasteiger partial charge < -0.3 is 16.0 Å². The second-order valence-electron chi connectivity index (χ2n) is 5.90. The normalized spacial score (nSPS) is 27.8. The smallest absolute Gasteiger partial charge is 0.244 e. The van der Waals surface area contributed by atoms with E-state index in [1.165, 1.54) is 0 Å². The Morgan fingerprint density at radius 2 is 1.90 bits per heavy atom. The van der Waals surface area contributed by atoms with E-state index in [0.717, 1.165) is 19.3 Å². The number of nitrogens with zero attached hydrogens (tertiary/aromatic N) is 1. The van der Waals surface area contributed by atoms with Crippen molar-refractivity contribution in [1.29, 1.82) is 0 Å². The topological polar surface area (TPSA) is 75.4 Å². The van der Waals surface area contributed by atoms with Crippen LogP contribution in [-0.2, 0) is 9.59 Å². The van der Waals surface area contributed by atoms with Crippen LogP contribution in [0.15, 0.2) is 0 Å². The van der Waals surface area contributed by atoms with Gasteiger partial charge in [-0.15, -0.1) is 0 Å². The molecule has 0 aliphatic heterocycles. The molecule has 4 atom stereocenters. The molecular weight excluding hydrogens is 254 g/mol. The Bertz CT molecular complexity index is 342. The fourth-order valence-corrected chi connectivity index (χ4v) is 3.02. The maximum Gasteiger partial charge on any atom is 0.244 e. The van der Waals surface area contributed by atoms with Gasteiger partial charge in [0.15, 0.2) is 0 Å². The first-order valence-corrected chi connectivity index (χ1v) is 7.75. The van der Waals surface area contributed by atoms with E-state index in [4.69, 9.17) is 5.73 Å². The van der Waals surface area contributed by atoms with Gasteiger partial charge in [-0.25, -0.2) is 0 Å². The van der Waals surface area contributed by atoms with Crippen LogP contribution >= 0.6 is 0 Å². The molecule has 0 aromatic carbocycles. The zero-order valence-electron chi connectivity index (χ0n) is 13.2. The van der Waals surface area contributed by atoms with E-state index in [1.54, 1.807) is 11.8 Å². The average molecular weight is 283 g/mol. The molecule has 20 heavy (non-hydrogen) atoms. The summed E-state index contributed by atoms with van der Waals surface area (Å²) >= 11 is 0. The Hall–Kier alpha value is -1.10. The fraction of sp³-hybridized carbons (Fsp3) is 0.867. The molecule has 0 radical (unpaired) electrons. The van der Waals surface area contributed by atoms with Crippen molar-refractivity contribution in [1.82, 2.24) is 10.2 Å². The highest BCUT2D eigenvalue weighted by Crippen LogP contribution is 2.29. The van der Waals surface area contributed by atoms with Crippen molar-refractivity contribution < 1.29 is 9.59 Å². The molecule has 0 saturated heterocycles. The second kappa shape index (κ2) is 7.62. The summed E-state index contributed by atoms with van der Waals surface area (Å²) in [4.78, 5) is 26.2. The van der Waals surface area contributed by atoms with Crippen LogP contribution in [0.3, 0.4) is 0 Å². The third-order valence-corrected chi connectivity index (χ3v) is 4.35. The molecule has 1 aliphatic carbocycles. The van der Waals surface area contributed by atoms with Gasteiger partial charge in [0, 0.05) is 25.0 Å². The van der Waals surface area contributed by atoms with Gasteiger partial charge in [-0.05, 0) is 46.0 Å². The standard InChI is InChI=1S/C15H29N3O2/c1-5-18(6-2)15(20)11(4)17-14(19)13-8-7-12(16)9-10(13)3/h10-13H,5-9,16H2,1-4H3,(H,17,19). The minimum atomic E-state index is -0.454. The van der Waals surface area contributed by atoms with Crippen LogP contribution in [0.4, 0.5) is 0 Å². The third-order valence-electron chi connectivity index (χ3n) is 4.35. The highest BCUT2D eigenvalue weighted by atomic mass is 16.2. The predicted octanol–water partition coefficient (Wildman–Crippen LogP) is 1.12. The van der Waals surface area contributed by atoms with Gasteiger partial charge in [0.2, 0.25) is 11.8 Å². The monoisotopic (exact) mass is 283 g/mol. The van der Waals surface area contributed by atoms with E-state index in [9.17, 15) is 9.59 Å². The molecule has 1 fully saturated rings. The minimum absolute atomic E-state index is 0.00240. The SMILES string of the molecule is CCN(CC)C(=O)C(C)NC(=O)C1CCC(N)CC1C. The second-order valence-corrected chi connectivity index (χ2v) is 5.90. The van der Waals surface area contributed by atoms with Gasteiger partial charge in [0.05, 0.1) is 0 Å². The molecule has 1 rings (SSSR count). The molecule has 116 valence electrons. The summed E-state index contributed by atoms with van der Waals surface area (Å²) in [5.41, 5.74) is 5.92. The number of hydrogen-bond acceptors (Lipinski definition) is 3. The molecule has 0 aromatic heterocycles. The highest BCUT2D eigenvalue weighted by Gasteiger charge is 2.32. The molecule has 0 bridgehead atoms. The Kier molecular flexibility index (Phi) is 6.46. The zero-order chi connectivity index (χ0) is 15.3. The lowest BCUT2D eigenvalue weighted by Crippen LogP contribution is -2.50. The van der Waals surface area contributed by atoms with E-state index in [1.807, 2.05) is 13.8 Å². The number of amides is 2. The molecule has 5 nitrogen and oxygen atoms in total. The third kappa shape index (κ3) is 4.20. The van der Waals surface area contributed by atoms with Crippen molar-refractivity contribution in [3.05, 3.63) is 0 Å². The van der Waals surface area contributed by atoms with Crippen LogP contribution in [0.5, 0.6) is 0 Å². The van der Waals surface area contributed by atoms with Crippen LogP contribution in [0.25, 0.3) is 0 Å². The van der Waals surface area contributed by atoms with Crippen molar-refractivity contribution in [3.8, 4) is 0 Å². The number of hydrogen-bond donors (Lipinski definition) is 2. The Balaban J connectivity index is 2.55. The van der Waals surface area contributed by atoms with Crippen molar-refractivity contribution in [3.63, 3.8) is 0 Å².